The number of nitrogens with zero attached hydrogens (tertiary/aromatic N) is 1. The lowest BCUT2D eigenvalue weighted by Crippen LogP contribution is -2.44. The first kappa shape index (κ1) is 30.3. The zero-order valence-electron chi connectivity index (χ0n) is 21.3. The molecule has 13 heteroatoms. The van der Waals surface area contributed by atoms with Gasteiger partial charge in [0.1, 0.15) is 12.6 Å². The van der Waals surface area contributed by atoms with Crippen molar-refractivity contribution < 1.29 is 38.9 Å². The minimum Gasteiger partial charge on any atom is -0.473 e. The second-order valence-electron chi connectivity index (χ2n) is 8.67. The second-order valence-corrected chi connectivity index (χ2v) is 9.11. The number of halogens is 1. The summed E-state index contributed by atoms with van der Waals surface area (Å²) < 4.78 is 10.9. The van der Waals surface area contributed by atoms with Crippen LogP contribution in [-0.4, -0.2) is 89.4 Å². The summed E-state index contributed by atoms with van der Waals surface area (Å²) in [4.78, 5) is 61.2. The molecule has 12 nitrogen and oxygen atoms in total. The molecule has 40 heavy (non-hydrogen) atoms. The van der Waals surface area contributed by atoms with Crippen molar-refractivity contribution in [2.24, 2.45) is 0 Å². The predicted octanol–water partition coefficient (Wildman–Crippen LogP) is 1.55. The molecule has 1 saturated heterocycles. The van der Waals surface area contributed by atoms with Gasteiger partial charge >= 0.3 is 17.9 Å². The quantitative estimate of drug-likeness (QED) is 0.228. The standard InChI is InChI=1S/C25H26ClN3O5.C2H2O4/c26-19-7-5-17(6-8-19)24(31)28-22(25(32)34-14-11-29-9-12-33-13-10-29)15-18-16-23(30)27-21-4-2-1-3-20(18)21;3-1(4)2(5)6/h1-8,16,22H,9-15H2,(H,27,30)(H,28,31);(H,3,4)(H,5,6). The van der Waals surface area contributed by atoms with Gasteiger partial charge in [-0.1, -0.05) is 29.8 Å². The Morgan fingerprint density at radius 1 is 1.02 bits per heavy atom. The van der Waals surface area contributed by atoms with Crippen LogP contribution in [0.1, 0.15) is 15.9 Å². The van der Waals surface area contributed by atoms with Crippen LogP contribution in [0.25, 0.3) is 10.9 Å². The van der Waals surface area contributed by atoms with Crippen LogP contribution in [0, 0.1) is 0 Å². The maximum absolute atomic E-state index is 13.0. The maximum Gasteiger partial charge on any atom is 0.414 e. The van der Waals surface area contributed by atoms with E-state index in [1.54, 1.807) is 30.3 Å². The first-order valence-electron chi connectivity index (χ1n) is 12.2. The van der Waals surface area contributed by atoms with Gasteiger partial charge in [0.25, 0.3) is 5.91 Å². The van der Waals surface area contributed by atoms with Gasteiger partial charge in [0, 0.05) is 53.6 Å². The summed E-state index contributed by atoms with van der Waals surface area (Å²) in [6, 6.07) is 14.2. The molecule has 0 aliphatic carbocycles. The third kappa shape index (κ3) is 9.19. The smallest absolute Gasteiger partial charge is 0.414 e. The minimum atomic E-state index is -1.82. The molecule has 1 unspecified atom stereocenters. The molecule has 1 fully saturated rings. The van der Waals surface area contributed by atoms with E-state index >= 15 is 0 Å². The summed E-state index contributed by atoms with van der Waals surface area (Å²) in [5.41, 5.74) is 1.39. The number of H-pyrrole nitrogens is 1. The summed E-state index contributed by atoms with van der Waals surface area (Å²) >= 11 is 5.92. The van der Waals surface area contributed by atoms with Gasteiger partial charge in [-0.3, -0.25) is 14.5 Å². The number of carbonyl (C=O) groups is 4. The van der Waals surface area contributed by atoms with Crippen LogP contribution < -0.4 is 10.9 Å². The van der Waals surface area contributed by atoms with Gasteiger partial charge in [0.2, 0.25) is 5.56 Å². The van der Waals surface area contributed by atoms with Gasteiger partial charge < -0.3 is 30.0 Å². The van der Waals surface area contributed by atoms with Gasteiger partial charge in [-0.2, -0.15) is 0 Å². The fraction of sp³-hybridized carbons (Fsp3) is 0.296. The molecule has 2 aromatic carbocycles. The molecular formula is C27H28ClN3O9. The number of aliphatic carboxylic acids is 2. The maximum atomic E-state index is 13.0. The van der Waals surface area contributed by atoms with E-state index in [0.717, 1.165) is 18.5 Å². The first-order chi connectivity index (χ1) is 19.1. The average Bonchev–Trinajstić information content (AvgIpc) is 2.93. The Morgan fingerprint density at radius 3 is 2.33 bits per heavy atom. The number of carboxylic acids is 2. The number of amides is 1. The molecule has 1 atom stereocenters. The van der Waals surface area contributed by atoms with Crippen molar-refractivity contribution in [1.29, 1.82) is 0 Å². The number of hydrogen-bond donors (Lipinski definition) is 4. The van der Waals surface area contributed by atoms with Crippen LogP contribution in [0.4, 0.5) is 0 Å². The summed E-state index contributed by atoms with van der Waals surface area (Å²) in [5.74, 6) is -4.63. The van der Waals surface area contributed by atoms with E-state index in [9.17, 15) is 14.4 Å². The van der Waals surface area contributed by atoms with E-state index in [1.165, 1.54) is 6.07 Å². The zero-order valence-corrected chi connectivity index (χ0v) is 22.1. The molecule has 4 N–H and O–H groups in total. The van der Waals surface area contributed by atoms with E-state index in [-0.39, 0.29) is 18.6 Å². The van der Waals surface area contributed by atoms with E-state index < -0.39 is 29.9 Å². The number of pyridine rings is 1. The van der Waals surface area contributed by atoms with Crippen LogP contribution in [0.2, 0.25) is 5.02 Å². The predicted molar refractivity (Wildman–Crippen MR) is 144 cm³/mol. The number of rotatable bonds is 8. The number of ether oxygens (including phenoxy) is 2. The Bertz CT molecular complexity index is 1390. The number of esters is 1. The van der Waals surface area contributed by atoms with Crippen LogP contribution in [0.3, 0.4) is 0 Å². The number of morpholine rings is 1. The highest BCUT2D eigenvalue weighted by atomic mass is 35.5. The van der Waals surface area contributed by atoms with E-state index in [1.807, 2.05) is 18.2 Å². The largest absolute Gasteiger partial charge is 0.473 e. The highest BCUT2D eigenvalue weighted by Crippen LogP contribution is 2.17. The number of carbonyl (C=O) groups excluding carboxylic acids is 2. The van der Waals surface area contributed by atoms with E-state index in [4.69, 9.17) is 40.9 Å². The molecule has 1 aromatic heterocycles. The van der Waals surface area contributed by atoms with Gasteiger partial charge in [-0.05, 0) is 35.9 Å². The molecule has 0 spiro atoms. The number of aromatic nitrogens is 1. The van der Waals surface area contributed by atoms with Crippen molar-refractivity contribution >= 4 is 46.3 Å². The van der Waals surface area contributed by atoms with E-state index in [0.29, 0.717) is 41.4 Å². The fourth-order valence-electron chi connectivity index (χ4n) is 3.90. The van der Waals surface area contributed by atoms with E-state index in [2.05, 4.69) is 15.2 Å². The highest BCUT2D eigenvalue weighted by molar-refractivity contribution is 6.30. The number of nitrogens with one attached hydrogen (secondary N) is 2. The Balaban J connectivity index is 0.000000663. The van der Waals surface area contributed by atoms with Gasteiger partial charge in [-0.25, -0.2) is 14.4 Å². The molecule has 3 aromatic rings. The molecule has 1 aliphatic rings. The topological polar surface area (TPSA) is 175 Å². The molecule has 1 amide bonds. The van der Waals surface area contributed by atoms with Crippen molar-refractivity contribution in [3.8, 4) is 0 Å². The minimum absolute atomic E-state index is 0.111. The Morgan fingerprint density at radius 2 is 1.68 bits per heavy atom. The molecule has 0 radical (unpaired) electrons. The Kier molecular flexibility index (Phi) is 11.2. The first-order valence-corrected chi connectivity index (χ1v) is 12.6. The van der Waals surface area contributed by atoms with Gasteiger partial charge in [0.05, 0.1) is 13.2 Å². The Labute approximate surface area is 233 Å². The second kappa shape index (κ2) is 14.8. The van der Waals surface area contributed by atoms with Crippen LogP contribution in [0.5, 0.6) is 0 Å². The molecule has 0 bridgehead atoms. The third-order valence-electron chi connectivity index (χ3n) is 5.89. The molecule has 0 saturated carbocycles. The van der Waals surface area contributed by atoms with Crippen LogP contribution in [0.15, 0.2) is 59.4 Å². The summed E-state index contributed by atoms with van der Waals surface area (Å²) in [6.45, 7) is 3.66. The number of para-hydroxylation sites is 1. The lowest BCUT2D eigenvalue weighted by Gasteiger charge is -2.26. The zero-order chi connectivity index (χ0) is 29.1. The number of aromatic amines is 1. The molecule has 1 aliphatic heterocycles. The number of benzene rings is 2. The third-order valence-corrected chi connectivity index (χ3v) is 6.15. The summed E-state index contributed by atoms with van der Waals surface area (Å²) in [5, 5.41) is 18.9. The van der Waals surface area contributed by atoms with Crippen LogP contribution in [-0.2, 0) is 30.3 Å². The van der Waals surface area contributed by atoms with Crippen molar-refractivity contribution in [3.63, 3.8) is 0 Å². The summed E-state index contributed by atoms with van der Waals surface area (Å²) in [7, 11) is 0. The van der Waals surface area contributed by atoms with Gasteiger partial charge in [0.15, 0.2) is 0 Å². The lowest BCUT2D eigenvalue weighted by atomic mass is 10.0. The van der Waals surface area contributed by atoms with Gasteiger partial charge in [-0.15, -0.1) is 0 Å². The highest BCUT2D eigenvalue weighted by Gasteiger charge is 2.25. The molecule has 4 rings (SSSR count). The number of carboxylic acid groups (broad SMARTS) is 2. The van der Waals surface area contributed by atoms with Crippen molar-refractivity contribution in [3.05, 3.63) is 81.1 Å². The van der Waals surface area contributed by atoms with Crippen molar-refractivity contribution in [1.82, 2.24) is 15.2 Å². The summed E-state index contributed by atoms with van der Waals surface area (Å²) in [6.07, 6.45) is 0.111. The average molecular weight is 574 g/mol. The van der Waals surface area contributed by atoms with Crippen molar-refractivity contribution in [2.75, 3.05) is 39.5 Å². The molecular weight excluding hydrogens is 546 g/mol. The number of fused-ring (bicyclic) bond motifs is 1. The monoisotopic (exact) mass is 573 g/mol. The number of hydrogen-bond acceptors (Lipinski definition) is 8. The fourth-order valence-corrected chi connectivity index (χ4v) is 4.03. The molecule has 212 valence electrons. The lowest BCUT2D eigenvalue weighted by molar-refractivity contribution is -0.159. The SMILES string of the molecule is O=C(NC(Cc1cc(=O)[nH]c2ccccc12)C(=O)OCCN1CCOCC1)c1ccc(Cl)cc1.O=C(O)C(=O)O. The van der Waals surface area contributed by atoms with Crippen molar-refractivity contribution in [2.45, 2.75) is 12.5 Å². The normalized spacial score (nSPS) is 13.9. The van der Waals surface area contributed by atoms with Crippen LogP contribution >= 0.6 is 11.6 Å². The molecule has 2 heterocycles. The Hall–Kier alpha value is -4.26.